The molecule has 0 aromatic carbocycles. The first-order valence-electron chi connectivity index (χ1n) is 3.21. The van der Waals surface area contributed by atoms with E-state index in [1.807, 2.05) is 6.92 Å². The molecule has 1 unspecified atom stereocenters. The summed E-state index contributed by atoms with van der Waals surface area (Å²) in [6.07, 6.45) is 2.25. The van der Waals surface area contributed by atoms with E-state index in [1.54, 1.807) is 0 Å². The third-order valence-corrected chi connectivity index (χ3v) is 1.78. The summed E-state index contributed by atoms with van der Waals surface area (Å²) in [5.74, 6) is 1.45. The van der Waals surface area contributed by atoms with Crippen molar-refractivity contribution in [3.8, 4) is 0 Å². The highest BCUT2D eigenvalue weighted by Crippen LogP contribution is 2.19. The molecule has 0 bridgehead atoms. The molecule has 0 N–H and O–H groups in total. The molecule has 0 fully saturated rings. The summed E-state index contributed by atoms with van der Waals surface area (Å²) >= 11 is 5.81. The lowest BCUT2D eigenvalue weighted by Gasteiger charge is -2.12. The van der Waals surface area contributed by atoms with Crippen LogP contribution in [0.1, 0.15) is 33.6 Å². The molecule has 0 amide bonds. The molecule has 0 aromatic rings. The van der Waals surface area contributed by atoms with E-state index < -0.39 is 0 Å². The fraction of sp³-hybridized carbons (Fsp3) is 0.857. The highest BCUT2D eigenvalue weighted by molar-refractivity contribution is 6.21. The molecule has 0 heterocycles. The van der Waals surface area contributed by atoms with Crippen LogP contribution >= 0.6 is 11.6 Å². The Morgan fingerprint density at radius 1 is 1.38 bits per heavy atom. The van der Waals surface area contributed by atoms with Crippen LogP contribution in [0.3, 0.4) is 0 Å². The quantitative estimate of drug-likeness (QED) is 0.520. The molecule has 0 aliphatic rings. The molecule has 0 rings (SSSR count). The van der Waals surface area contributed by atoms with E-state index in [1.165, 1.54) is 5.92 Å². The molecule has 0 nitrogen and oxygen atoms in total. The van der Waals surface area contributed by atoms with Gasteiger partial charge in [-0.2, -0.15) is 0 Å². The molecular weight excluding hydrogens is 120 g/mol. The molecular formula is C7H14Cl. The molecule has 0 saturated carbocycles. The van der Waals surface area contributed by atoms with Crippen molar-refractivity contribution in [1.29, 1.82) is 0 Å². The van der Waals surface area contributed by atoms with Gasteiger partial charge >= 0.3 is 0 Å². The zero-order chi connectivity index (χ0) is 6.57. The average Bonchev–Trinajstić information content (AvgIpc) is 1.69. The molecule has 0 aliphatic carbocycles. The van der Waals surface area contributed by atoms with Crippen molar-refractivity contribution in [3.63, 3.8) is 0 Å². The molecule has 0 aliphatic heterocycles. The first-order valence-corrected chi connectivity index (χ1v) is 3.64. The summed E-state index contributed by atoms with van der Waals surface area (Å²) in [7, 11) is 0. The van der Waals surface area contributed by atoms with Gasteiger partial charge in [0.25, 0.3) is 0 Å². The van der Waals surface area contributed by atoms with Gasteiger partial charge in [-0.05, 0) is 25.7 Å². The van der Waals surface area contributed by atoms with Gasteiger partial charge in [0.15, 0.2) is 0 Å². The fourth-order valence-electron chi connectivity index (χ4n) is 0.813. The van der Waals surface area contributed by atoms with Crippen LogP contribution in [0.25, 0.3) is 0 Å². The number of halogens is 1. The van der Waals surface area contributed by atoms with Crippen molar-refractivity contribution >= 4 is 11.6 Å². The van der Waals surface area contributed by atoms with E-state index in [2.05, 4.69) is 13.8 Å². The minimum absolute atomic E-state index is 0.269. The molecule has 0 aromatic heterocycles. The first kappa shape index (κ1) is 8.29. The molecule has 8 heavy (non-hydrogen) atoms. The number of alkyl halides is 1. The van der Waals surface area contributed by atoms with E-state index in [9.17, 15) is 0 Å². The van der Waals surface area contributed by atoms with Gasteiger partial charge < -0.3 is 0 Å². The third kappa shape index (κ3) is 2.56. The Labute approximate surface area is 57.2 Å². The van der Waals surface area contributed by atoms with Crippen molar-refractivity contribution < 1.29 is 0 Å². The lowest BCUT2D eigenvalue weighted by molar-refractivity contribution is 0.745. The molecule has 1 radical (unpaired) electrons. The van der Waals surface area contributed by atoms with Crippen molar-refractivity contribution in [2.45, 2.75) is 39.0 Å². The molecule has 0 saturated heterocycles. The second kappa shape index (κ2) is 4.20. The van der Waals surface area contributed by atoms with Crippen molar-refractivity contribution in [1.82, 2.24) is 0 Å². The summed E-state index contributed by atoms with van der Waals surface area (Å²) in [6, 6.07) is 0. The maximum Gasteiger partial charge on any atom is 0.0369 e. The van der Waals surface area contributed by atoms with Gasteiger partial charge in [0, 0.05) is 5.38 Å². The standard InChI is InChI=1S/C7H14Cl/c1-4-7(5-2)6(3)8/h6H,4-5H2,1-3H3. The molecule has 1 atom stereocenters. The summed E-state index contributed by atoms with van der Waals surface area (Å²) in [5.41, 5.74) is 0. The van der Waals surface area contributed by atoms with Crippen molar-refractivity contribution in [2.24, 2.45) is 0 Å². The number of rotatable bonds is 3. The second-order valence-corrected chi connectivity index (χ2v) is 2.64. The Morgan fingerprint density at radius 2 is 1.75 bits per heavy atom. The zero-order valence-corrected chi connectivity index (χ0v) is 6.63. The zero-order valence-electron chi connectivity index (χ0n) is 5.87. The highest BCUT2D eigenvalue weighted by Gasteiger charge is 2.09. The minimum atomic E-state index is 0.269. The van der Waals surface area contributed by atoms with Crippen LogP contribution in [0.5, 0.6) is 0 Å². The number of hydrogen-bond donors (Lipinski definition) is 0. The van der Waals surface area contributed by atoms with Crippen LogP contribution in [0.2, 0.25) is 0 Å². The Morgan fingerprint density at radius 3 is 1.75 bits per heavy atom. The van der Waals surface area contributed by atoms with Gasteiger partial charge in [-0.25, -0.2) is 0 Å². The van der Waals surface area contributed by atoms with Crippen LogP contribution in [0.15, 0.2) is 0 Å². The monoisotopic (exact) mass is 133 g/mol. The van der Waals surface area contributed by atoms with Crippen LogP contribution in [0, 0.1) is 5.92 Å². The smallest absolute Gasteiger partial charge is 0.0369 e. The third-order valence-electron chi connectivity index (χ3n) is 1.47. The Balaban J connectivity index is 3.35. The Hall–Kier alpha value is 0.290. The minimum Gasteiger partial charge on any atom is -0.123 e. The van der Waals surface area contributed by atoms with E-state index >= 15 is 0 Å². The SMILES string of the molecule is CC[C](CC)C(C)Cl. The van der Waals surface area contributed by atoms with E-state index in [0.717, 1.165) is 12.8 Å². The van der Waals surface area contributed by atoms with Crippen molar-refractivity contribution in [3.05, 3.63) is 5.92 Å². The average molecular weight is 134 g/mol. The van der Waals surface area contributed by atoms with E-state index in [4.69, 9.17) is 11.6 Å². The highest BCUT2D eigenvalue weighted by atomic mass is 35.5. The number of hydrogen-bond acceptors (Lipinski definition) is 0. The predicted molar refractivity (Wildman–Crippen MR) is 39.1 cm³/mol. The van der Waals surface area contributed by atoms with Crippen LogP contribution < -0.4 is 0 Å². The lowest BCUT2D eigenvalue weighted by atomic mass is 10.0. The molecule has 49 valence electrons. The predicted octanol–water partition coefficient (Wildman–Crippen LogP) is 3.01. The van der Waals surface area contributed by atoms with Crippen LogP contribution in [-0.2, 0) is 0 Å². The van der Waals surface area contributed by atoms with Gasteiger partial charge in [0.2, 0.25) is 0 Å². The topological polar surface area (TPSA) is 0 Å². The normalized spacial score (nSPS) is 14.6. The second-order valence-electron chi connectivity index (χ2n) is 1.98. The fourth-order valence-corrected chi connectivity index (χ4v) is 1.12. The van der Waals surface area contributed by atoms with Gasteiger partial charge in [-0.15, -0.1) is 11.6 Å². The molecule has 1 heteroatoms. The van der Waals surface area contributed by atoms with Gasteiger partial charge in [0.05, 0.1) is 0 Å². The van der Waals surface area contributed by atoms with E-state index in [0.29, 0.717) is 0 Å². The molecule has 0 spiro atoms. The summed E-state index contributed by atoms with van der Waals surface area (Å²) in [6.45, 7) is 6.33. The Kier molecular flexibility index (Phi) is 4.35. The van der Waals surface area contributed by atoms with Crippen LogP contribution in [0.4, 0.5) is 0 Å². The first-order chi connectivity index (χ1) is 3.72. The summed E-state index contributed by atoms with van der Waals surface area (Å²) in [5, 5.41) is 0.269. The van der Waals surface area contributed by atoms with Gasteiger partial charge in [0.1, 0.15) is 0 Å². The summed E-state index contributed by atoms with van der Waals surface area (Å²) in [4.78, 5) is 0. The Bertz CT molecular complexity index is 46.3. The summed E-state index contributed by atoms with van der Waals surface area (Å²) < 4.78 is 0. The maximum atomic E-state index is 5.81. The largest absolute Gasteiger partial charge is 0.123 e. The van der Waals surface area contributed by atoms with Crippen molar-refractivity contribution in [2.75, 3.05) is 0 Å². The maximum absolute atomic E-state index is 5.81. The van der Waals surface area contributed by atoms with Crippen LogP contribution in [-0.4, -0.2) is 5.38 Å². The van der Waals surface area contributed by atoms with Gasteiger partial charge in [-0.1, -0.05) is 13.8 Å². The van der Waals surface area contributed by atoms with Gasteiger partial charge in [-0.3, -0.25) is 0 Å². The van der Waals surface area contributed by atoms with E-state index in [-0.39, 0.29) is 5.38 Å². The lowest BCUT2D eigenvalue weighted by Crippen LogP contribution is -2.05.